The summed E-state index contributed by atoms with van der Waals surface area (Å²) in [4.78, 5) is 0. The van der Waals surface area contributed by atoms with Gasteiger partial charge in [0.05, 0.1) is 17.8 Å². The first kappa shape index (κ1) is 17.3. The molecule has 1 fully saturated rings. The summed E-state index contributed by atoms with van der Waals surface area (Å²) in [5, 5.41) is 0. The van der Waals surface area contributed by atoms with E-state index in [0.29, 0.717) is 6.61 Å². The van der Waals surface area contributed by atoms with Gasteiger partial charge < -0.3 is 18.8 Å². The first-order valence-corrected chi connectivity index (χ1v) is 8.02. The molecule has 0 aromatic heterocycles. The van der Waals surface area contributed by atoms with Crippen molar-refractivity contribution in [3.63, 3.8) is 0 Å². The molecule has 122 valence electrons. The second-order valence-corrected chi connectivity index (χ2v) is 6.56. The molecule has 1 aromatic carbocycles. The Hall–Kier alpha value is -1.04. The van der Waals surface area contributed by atoms with E-state index in [-0.39, 0.29) is 18.3 Å². The molecule has 0 N–H and O–H groups in total. The average Bonchev–Trinajstić information content (AvgIpc) is 2.68. The van der Waals surface area contributed by atoms with Crippen molar-refractivity contribution in [3.05, 3.63) is 24.3 Å². The van der Waals surface area contributed by atoms with Crippen LogP contribution in [-0.2, 0) is 14.0 Å². The highest BCUT2D eigenvalue weighted by molar-refractivity contribution is 6.62. The summed E-state index contributed by atoms with van der Waals surface area (Å²) < 4.78 is 23.0. The molecule has 0 spiro atoms. The second-order valence-electron chi connectivity index (χ2n) is 6.56. The Morgan fingerprint density at radius 2 is 1.55 bits per heavy atom. The van der Waals surface area contributed by atoms with Crippen LogP contribution in [0.2, 0.25) is 0 Å². The number of benzene rings is 1. The van der Waals surface area contributed by atoms with Gasteiger partial charge in [0.25, 0.3) is 0 Å². The van der Waals surface area contributed by atoms with E-state index < -0.39 is 0 Å². The van der Waals surface area contributed by atoms with Crippen LogP contribution in [0, 0.1) is 0 Å². The summed E-state index contributed by atoms with van der Waals surface area (Å²) in [5.41, 5.74) is 0.387. The first-order chi connectivity index (χ1) is 10.4. The van der Waals surface area contributed by atoms with Gasteiger partial charge in [0.1, 0.15) is 5.75 Å². The maximum atomic E-state index is 6.04. The van der Waals surface area contributed by atoms with Crippen molar-refractivity contribution < 1.29 is 18.8 Å². The number of ether oxygens (including phenoxy) is 2. The van der Waals surface area contributed by atoms with E-state index in [1.54, 1.807) is 0 Å². The Labute approximate surface area is 134 Å². The van der Waals surface area contributed by atoms with Gasteiger partial charge in [0.15, 0.2) is 0 Å². The molecule has 0 aliphatic carbocycles. The van der Waals surface area contributed by atoms with E-state index in [2.05, 4.69) is 27.7 Å². The van der Waals surface area contributed by atoms with Gasteiger partial charge in [0, 0.05) is 19.6 Å². The number of hydrogen-bond donors (Lipinski definition) is 0. The Morgan fingerprint density at radius 3 is 2.09 bits per heavy atom. The smallest absolute Gasteiger partial charge is 0.494 e. The van der Waals surface area contributed by atoms with Crippen molar-refractivity contribution in [3.8, 4) is 5.75 Å². The van der Waals surface area contributed by atoms with Gasteiger partial charge in [-0.1, -0.05) is 12.1 Å². The molecule has 0 bridgehead atoms. The zero-order valence-corrected chi connectivity index (χ0v) is 14.3. The molecular formula is C17H27BO4. The van der Waals surface area contributed by atoms with E-state index in [9.17, 15) is 0 Å². The zero-order chi connectivity index (χ0) is 16.2. The van der Waals surface area contributed by atoms with Gasteiger partial charge in [-0.05, 0) is 52.2 Å². The van der Waals surface area contributed by atoms with Crippen molar-refractivity contribution in [1.29, 1.82) is 0 Å². The molecular weight excluding hydrogens is 279 g/mol. The largest absolute Gasteiger partial charge is 0.494 e. The van der Waals surface area contributed by atoms with Gasteiger partial charge in [-0.15, -0.1) is 0 Å². The molecule has 1 saturated heterocycles. The van der Waals surface area contributed by atoms with E-state index in [0.717, 1.165) is 30.8 Å². The minimum atomic E-state index is -0.322. The third kappa shape index (κ3) is 4.03. The molecule has 1 aromatic rings. The van der Waals surface area contributed by atoms with E-state index in [1.807, 2.05) is 31.2 Å². The molecule has 1 heterocycles. The first-order valence-electron chi connectivity index (χ1n) is 8.02. The van der Waals surface area contributed by atoms with E-state index >= 15 is 0 Å². The Morgan fingerprint density at radius 1 is 0.955 bits per heavy atom. The van der Waals surface area contributed by atoms with Crippen molar-refractivity contribution in [2.24, 2.45) is 0 Å². The Kier molecular flexibility index (Phi) is 5.53. The number of hydrogen-bond acceptors (Lipinski definition) is 4. The van der Waals surface area contributed by atoms with Gasteiger partial charge in [0.2, 0.25) is 0 Å². The fourth-order valence-corrected chi connectivity index (χ4v) is 2.20. The molecule has 1 aliphatic heterocycles. The highest BCUT2D eigenvalue weighted by Gasteiger charge is 2.51. The Balaban J connectivity index is 1.87. The fraction of sp³-hybridized carbons (Fsp3) is 0.647. The van der Waals surface area contributed by atoms with Crippen LogP contribution in [0.1, 0.15) is 41.0 Å². The lowest BCUT2D eigenvalue weighted by Crippen LogP contribution is -2.41. The van der Waals surface area contributed by atoms with Crippen LogP contribution in [0.4, 0.5) is 0 Å². The van der Waals surface area contributed by atoms with Crippen LogP contribution in [-0.4, -0.2) is 38.1 Å². The highest BCUT2D eigenvalue weighted by Crippen LogP contribution is 2.36. The zero-order valence-electron chi connectivity index (χ0n) is 14.3. The van der Waals surface area contributed by atoms with Crippen LogP contribution in [0.15, 0.2) is 24.3 Å². The van der Waals surface area contributed by atoms with Crippen LogP contribution in [0.25, 0.3) is 0 Å². The third-order valence-electron chi connectivity index (χ3n) is 4.31. The summed E-state index contributed by atoms with van der Waals surface area (Å²) in [5.74, 6) is 0.858. The maximum absolute atomic E-state index is 6.04. The predicted molar refractivity (Wildman–Crippen MR) is 88.8 cm³/mol. The molecule has 4 nitrogen and oxygen atoms in total. The maximum Gasteiger partial charge on any atom is 0.494 e. The SMILES string of the molecule is CCOCCCOc1ccc(B2OC(C)(C)C(C)(C)O2)cc1. The minimum Gasteiger partial charge on any atom is -0.494 e. The molecule has 1 aliphatic rings. The predicted octanol–water partition coefficient (Wildman–Crippen LogP) is 2.79. The topological polar surface area (TPSA) is 36.9 Å². The molecule has 0 radical (unpaired) electrons. The standard InChI is InChI=1S/C17H27BO4/c1-6-19-12-7-13-20-15-10-8-14(9-11-15)18-21-16(2,3)17(4,5)22-18/h8-11H,6-7,12-13H2,1-5H3. The van der Waals surface area contributed by atoms with Crippen molar-refractivity contribution in [2.75, 3.05) is 19.8 Å². The monoisotopic (exact) mass is 306 g/mol. The van der Waals surface area contributed by atoms with Crippen LogP contribution >= 0.6 is 0 Å². The molecule has 2 rings (SSSR count). The third-order valence-corrected chi connectivity index (χ3v) is 4.31. The van der Waals surface area contributed by atoms with Gasteiger partial charge >= 0.3 is 7.12 Å². The minimum absolute atomic E-state index is 0.313. The molecule has 0 saturated carbocycles. The Bertz CT molecular complexity index is 454. The van der Waals surface area contributed by atoms with E-state index in [4.69, 9.17) is 18.8 Å². The molecule has 22 heavy (non-hydrogen) atoms. The van der Waals surface area contributed by atoms with Crippen molar-refractivity contribution in [1.82, 2.24) is 0 Å². The number of rotatable bonds is 7. The fourth-order valence-electron chi connectivity index (χ4n) is 2.20. The molecule has 0 amide bonds. The summed E-state index contributed by atoms with van der Waals surface area (Å²) in [6.45, 7) is 12.4. The van der Waals surface area contributed by atoms with Crippen molar-refractivity contribution in [2.45, 2.75) is 52.2 Å². The quantitative estimate of drug-likeness (QED) is 0.573. The summed E-state index contributed by atoms with van der Waals surface area (Å²) >= 11 is 0. The van der Waals surface area contributed by atoms with Crippen LogP contribution < -0.4 is 10.2 Å². The highest BCUT2D eigenvalue weighted by atomic mass is 16.7. The molecule has 0 unspecified atom stereocenters. The lowest BCUT2D eigenvalue weighted by atomic mass is 9.79. The van der Waals surface area contributed by atoms with Crippen LogP contribution in [0.5, 0.6) is 5.75 Å². The molecule has 5 heteroatoms. The van der Waals surface area contributed by atoms with Gasteiger partial charge in [-0.3, -0.25) is 0 Å². The summed E-state index contributed by atoms with van der Waals surface area (Å²) in [6.07, 6.45) is 0.896. The normalized spacial score (nSPS) is 19.4. The summed E-state index contributed by atoms with van der Waals surface area (Å²) in [6, 6.07) is 7.92. The second kappa shape index (κ2) is 7.03. The van der Waals surface area contributed by atoms with Crippen molar-refractivity contribution >= 4 is 12.6 Å². The molecule has 0 atom stereocenters. The van der Waals surface area contributed by atoms with Gasteiger partial charge in [-0.25, -0.2) is 0 Å². The van der Waals surface area contributed by atoms with Gasteiger partial charge in [-0.2, -0.15) is 0 Å². The van der Waals surface area contributed by atoms with E-state index in [1.165, 1.54) is 0 Å². The summed E-state index contributed by atoms with van der Waals surface area (Å²) in [7, 11) is -0.322. The van der Waals surface area contributed by atoms with Crippen LogP contribution in [0.3, 0.4) is 0 Å². The lowest BCUT2D eigenvalue weighted by Gasteiger charge is -2.32. The average molecular weight is 306 g/mol. The lowest BCUT2D eigenvalue weighted by molar-refractivity contribution is 0.00578.